The van der Waals surface area contributed by atoms with Gasteiger partial charge in [0.05, 0.1) is 23.6 Å². The van der Waals surface area contributed by atoms with Gasteiger partial charge in [0.1, 0.15) is 24.2 Å². The van der Waals surface area contributed by atoms with Crippen LogP contribution in [0.5, 0.6) is 5.75 Å². The molecule has 2 aromatic carbocycles. The highest BCUT2D eigenvalue weighted by molar-refractivity contribution is 6.01. The molecular formula is C40H45F3N8O7. The summed E-state index contributed by atoms with van der Waals surface area (Å²) in [5, 5.41) is 27.0. The van der Waals surface area contributed by atoms with Gasteiger partial charge >= 0.3 is 6.18 Å². The topological polar surface area (TPSA) is 197 Å². The van der Waals surface area contributed by atoms with Crippen LogP contribution in [0.15, 0.2) is 60.8 Å². The fourth-order valence-corrected chi connectivity index (χ4v) is 6.43. The van der Waals surface area contributed by atoms with Crippen LogP contribution in [0.25, 0.3) is 0 Å². The van der Waals surface area contributed by atoms with Gasteiger partial charge in [-0.3, -0.25) is 34.2 Å². The first-order chi connectivity index (χ1) is 27.5. The molecule has 0 saturated carbocycles. The number of nitrogens with zero attached hydrogens (tertiary/aromatic N) is 5. The van der Waals surface area contributed by atoms with E-state index in [4.69, 9.17) is 10.00 Å². The molecule has 3 heterocycles. The Hall–Kier alpha value is -6.06. The molecule has 3 aromatic rings. The normalized spacial score (nSPS) is 17.1. The number of rotatable bonds is 15. The van der Waals surface area contributed by atoms with E-state index in [0.717, 1.165) is 68.7 Å². The molecule has 308 valence electrons. The highest BCUT2D eigenvalue weighted by atomic mass is 19.4. The number of piperazine rings is 1. The molecule has 18 heteroatoms. The van der Waals surface area contributed by atoms with E-state index in [1.165, 1.54) is 11.0 Å². The number of nitrogens with one attached hydrogen (secondary N) is 3. The van der Waals surface area contributed by atoms with Gasteiger partial charge in [0.2, 0.25) is 23.6 Å². The third kappa shape index (κ3) is 11.7. The van der Waals surface area contributed by atoms with Gasteiger partial charge in [-0.05, 0) is 79.9 Å². The van der Waals surface area contributed by atoms with Crippen molar-refractivity contribution in [3.8, 4) is 11.8 Å². The summed E-state index contributed by atoms with van der Waals surface area (Å²) >= 11 is 0. The number of carbonyl (C=O) groups is 5. The van der Waals surface area contributed by atoms with Crippen molar-refractivity contribution in [2.24, 2.45) is 0 Å². The summed E-state index contributed by atoms with van der Waals surface area (Å²) in [5.74, 6) is -1.05. The molecule has 5 rings (SSSR count). The number of anilines is 2. The van der Waals surface area contributed by atoms with Gasteiger partial charge in [0.15, 0.2) is 5.60 Å². The van der Waals surface area contributed by atoms with Crippen LogP contribution < -0.4 is 25.6 Å². The van der Waals surface area contributed by atoms with Crippen LogP contribution in [-0.4, -0.2) is 107 Å². The first-order valence-electron chi connectivity index (χ1n) is 18.7. The molecule has 2 fully saturated rings. The number of piperidine rings is 1. The number of hydrogen-bond donors (Lipinski definition) is 4. The minimum Gasteiger partial charge on any atom is -0.490 e. The van der Waals surface area contributed by atoms with Crippen LogP contribution >= 0.6 is 0 Å². The van der Waals surface area contributed by atoms with Crippen LogP contribution in [-0.2, 0) is 43.1 Å². The number of halogens is 3. The number of carbonyl (C=O) groups excluding carboxylic acids is 5. The lowest BCUT2D eigenvalue weighted by Gasteiger charge is -2.35. The maximum absolute atomic E-state index is 13.3. The standard InChI is InChI=1S/C40H45F3N8O7/c1-39(57,38(56)47-29-8-7-28(23-44)31(22-29)40(41,42)43)25-58-30-9-5-26(6-10-30)24-46-34(52)4-3-15-50-16-18-51(19-17-50)33-20-27(13-14-45-33)21-36(54)49(2)32-11-12-35(53)48-37(32)55/h5-10,13-14,20,22,32,57H,3-4,11-12,15-19,21,24-25H2,1-2H3,(H,46,52)(H,47,56)(H,48,53,55). The van der Waals surface area contributed by atoms with Gasteiger partial charge in [-0.15, -0.1) is 0 Å². The largest absolute Gasteiger partial charge is 0.490 e. The molecular weight excluding hydrogens is 761 g/mol. The van der Waals surface area contributed by atoms with Gasteiger partial charge in [-0.2, -0.15) is 18.4 Å². The molecule has 2 atom stereocenters. The Morgan fingerprint density at radius 2 is 1.78 bits per heavy atom. The number of nitriles is 1. The van der Waals surface area contributed by atoms with Crippen molar-refractivity contribution < 1.29 is 47.0 Å². The molecule has 2 aliphatic heterocycles. The molecule has 0 bridgehead atoms. The van der Waals surface area contributed by atoms with E-state index in [1.807, 2.05) is 6.07 Å². The minimum absolute atomic E-state index is 0.102. The van der Waals surface area contributed by atoms with Crippen LogP contribution in [0.3, 0.4) is 0 Å². The van der Waals surface area contributed by atoms with E-state index in [2.05, 4.69) is 30.7 Å². The van der Waals surface area contributed by atoms with Crippen molar-refractivity contribution in [3.05, 3.63) is 83.0 Å². The first-order valence-corrected chi connectivity index (χ1v) is 18.7. The van der Waals surface area contributed by atoms with E-state index >= 15 is 0 Å². The summed E-state index contributed by atoms with van der Waals surface area (Å²) in [6.45, 7) is 4.66. The summed E-state index contributed by atoms with van der Waals surface area (Å²) in [6.07, 6.45) is -1.55. The number of imide groups is 1. The number of amides is 5. The highest BCUT2D eigenvalue weighted by Gasteiger charge is 2.36. The molecule has 4 N–H and O–H groups in total. The molecule has 58 heavy (non-hydrogen) atoms. The zero-order valence-corrected chi connectivity index (χ0v) is 32.1. The van der Waals surface area contributed by atoms with Crippen LogP contribution in [0.4, 0.5) is 24.7 Å². The average molecular weight is 807 g/mol. The Balaban J connectivity index is 0.977. The summed E-state index contributed by atoms with van der Waals surface area (Å²) in [7, 11) is 1.57. The fourth-order valence-electron chi connectivity index (χ4n) is 6.43. The van der Waals surface area contributed by atoms with Gasteiger partial charge in [-0.25, -0.2) is 4.98 Å². The number of likely N-dealkylation sites (N-methyl/N-ethyl adjacent to an activating group) is 1. The van der Waals surface area contributed by atoms with Gasteiger partial charge < -0.3 is 30.3 Å². The predicted molar refractivity (Wildman–Crippen MR) is 204 cm³/mol. The Kier molecular flexibility index (Phi) is 14.1. The summed E-state index contributed by atoms with van der Waals surface area (Å²) < 4.78 is 45.4. The number of hydrogen-bond acceptors (Lipinski definition) is 11. The molecule has 0 spiro atoms. The van der Waals surface area contributed by atoms with Crippen molar-refractivity contribution in [1.82, 2.24) is 25.4 Å². The summed E-state index contributed by atoms with van der Waals surface area (Å²) in [5.41, 5.74) is -2.61. The van der Waals surface area contributed by atoms with Crippen molar-refractivity contribution in [1.29, 1.82) is 5.26 Å². The molecule has 0 radical (unpaired) electrons. The number of aromatic nitrogens is 1. The van der Waals surface area contributed by atoms with E-state index in [9.17, 15) is 42.3 Å². The second-order valence-electron chi connectivity index (χ2n) is 14.4. The Morgan fingerprint density at radius 1 is 1.05 bits per heavy atom. The zero-order valence-electron chi connectivity index (χ0n) is 32.1. The monoisotopic (exact) mass is 806 g/mol. The SMILES string of the molecule is CN(C(=O)Cc1ccnc(N2CCN(CCCC(=O)NCc3ccc(OCC(C)(O)C(=O)Nc4ccc(C#N)c(C(F)(F)F)c4)cc3)CC2)c1)C1CCC(=O)NC1=O. The average Bonchev–Trinajstić information content (AvgIpc) is 3.19. The maximum atomic E-state index is 13.3. The molecule has 0 aliphatic carbocycles. The minimum atomic E-state index is -4.81. The molecule has 2 saturated heterocycles. The number of alkyl halides is 3. The van der Waals surface area contributed by atoms with E-state index < -0.39 is 47.4 Å². The molecule has 2 unspecified atom stereocenters. The van der Waals surface area contributed by atoms with Crippen molar-refractivity contribution in [3.63, 3.8) is 0 Å². The lowest BCUT2D eigenvalue weighted by molar-refractivity contribution is -0.144. The first kappa shape index (κ1) is 43.1. The smallest absolute Gasteiger partial charge is 0.417 e. The third-order valence-electron chi connectivity index (χ3n) is 9.94. The predicted octanol–water partition coefficient (Wildman–Crippen LogP) is 2.77. The Labute approximate surface area is 333 Å². The lowest BCUT2D eigenvalue weighted by atomic mass is 10.0. The lowest BCUT2D eigenvalue weighted by Crippen LogP contribution is -2.53. The van der Waals surface area contributed by atoms with Gasteiger partial charge in [0, 0.05) is 64.5 Å². The van der Waals surface area contributed by atoms with Crippen LogP contribution in [0.1, 0.15) is 54.9 Å². The molecule has 15 nitrogen and oxygen atoms in total. The zero-order chi connectivity index (χ0) is 42.0. The second-order valence-corrected chi connectivity index (χ2v) is 14.4. The fraction of sp³-hybridized carbons (Fsp3) is 0.425. The van der Waals surface area contributed by atoms with Crippen LogP contribution in [0.2, 0.25) is 0 Å². The number of pyridine rings is 1. The maximum Gasteiger partial charge on any atom is 0.417 e. The van der Waals surface area contributed by atoms with E-state index in [-0.39, 0.29) is 42.8 Å². The number of benzene rings is 2. The third-order valence-corrected chi connectivity index (χ3v) is 9.94. The van der Waals surface area contributed by atoms with Crippen molar-refractivity contribution in [2.75, 3.05) is 56.6 Å². The quantitative estimate of drug-likeness (QED) is 0.165. The number of aliphatic hydroxyl groups is 1. The highest BCUT2D eigenvalue weighted by Crippen LogP contribution is 2.34. The molecule has 5 amide bonds. The summed E-state index contributed by atoms with van der Waals surface area (Å²) in [6, 6.07) is 13.7. The Bertz CT molecular complexity index is 2030. The van der Waals surface area contributed by atoms with Gasteiger partial charge in [0.25, 0.3) is 5.91 Å². The van der Waals surface area contributed by atoms with E-state index in [1.54, 1.807) is 43.6 Å². The van der Waals surface area contributed by atoms with E-state index in [0.29, 0.717) is 31.1 Å². The van der Waals surface area contributed by atoms with Crippen LogP contribution in [0, 0.1) is 11.3 Å². The number of ether oxygens (including phenoxy) is 1. The second kappa shape index (κ2) is 18.9. The van der Waals surface area contributed by atoms with Crippen molar-refractivity contribution >= 4 is 41.0 Å². The summed E-state index contributed by atoms with van der Waals surface area (Å²) in [4.78, 5) is 72.1. The van der Waals surface area contributed by atoms with Crippen molar-refractivity contribution in [2.45, 2.75) is 63.4 Å². The molecule has 1 aromatic heterocycles. The van der Waals surface area contributed by atoms with Gasteiger partial charge in [-0.1, -0.05) is 12.1 Å². The Morgan fingerprint density at radius 3 is 2.45 bits per heavy atom. The molecule has 2 aliphatic rings.